The Morgan fingerprint density at radius 1 is 1.03 bits per heavy atom. The average Bonchev–Trinajstić information content (AvgIpc) is 3.32. The van der Waals surface area contributed by atoms with E-state index in [9.17, 15) is 4.79 Å². The minimum atomic E-state index is -0.372. The van der Waals surface area contributed by atoms with Crippen molar-refractivity contribution < 1.29 is 4.79 Å². The number of carbonyl (C=O) groups is 1. The Morgan fingerprint density at radius 2 is 1.83 bits per heavy atom. The molecule has 0 spiro atoms. The number of nitrogens with zero attached hydrogens (tertiary/aromatic N) is 5. The lowest BCUT2D eigenvalue weighted by Gasteiger charge is -2.19. The summed E-state index contributed by atoms with van der Waals surface area (Å²) in [5.74, 6) is 6.18. The standard InChI is InChI=1S/C29H24N6O/c1-19-28(31-15-14-30-19)29(36)33-20(2)27-25(22-8-5-4-6-9-22)16-24-23(10-7-11-26(24)34-27)13-12-21-17-32-35(3)18-21/h4-11,14-18,20H,1-3H3,(H,33,36)/t20-/m0/s1. The molecule has 7 heteroatoms. The molecule has 5 rings (SSSR count). The number of pyridine rings is 1. The largest absolute Gasteiger partial charge is 0.343 e. The highest BCUT2D eigenvalue weighted by molar-refractivity contribution is 5.94. The summed E-state index contributed by atoms with van der Waals surface area (Å²) in [6.45, 7) is 3.70. The number of amides is 1. The van der Waals surface area contributed by atoms with Gasteiger partial charge in [-0.25, -0.2) is 9.97 Å². The van der Waals surface area contributed by atoms with Crippen LogP contribution in [0.1, 0.15) is 46.0 Å². The highest BCUT2D eigenvalue weighted by Crippen LogP contribution is 2.31. The van der Waals surface area contributed by atoms with E-state index >= 15 is 0 Å². The van der Waals surface area contributed by atoms with Crippen molar-refractivity contribution >= 4 is 16.8 Å². The molecule has 1 atom stereocenters. The van der Waals surface area contributed by atoms with Gasteiger partial charge in [-0.15, -0.1) is 0 Å². The number of carbonyl (C=O) groups excluding carboxylic acids is 1. The fraction of sp³-hybridized carbons (Fsp3) is 0.138. The van der Waals surface area contributed by atoms with E-state index in [-0.39, 0.29) is 11.9 Å². The van der Waals surface area contributed by atoms with Gasteiger partial charge in [-0.3, -0.25) is 14.5 Å². The molecule has 0 radical (unpaired) electrons. The Hall–Kier alpha value is -4.83. The molecule has 0 saturated heterocycles. The third-order valence-electron chi connectivity index (χ3n) is 5.87. The van der Waals surface area contributed by atoms with E-state index in [1.54, 1.807) is 24.0 Å². The van der Waals surface area contributed by atoms with Crippen molar-refractivity contribution in [2.75, 3.05) is 0 Å². The van der Waals surface area contributed by atoms with Gasteiger partial charge in [0.25, 0.3) is 5.91 Å². The van der Waals surface area contributed by atoms with Crippen molar-refractivity contribution in [3.63, 3.8) is 0 Å². The molecule has 5 aromatic rings. The number of nitrogens with one attached hydrogen (secondary N) is 1. The molecule has 3 heterocycles. The highest BCUT2D eigenvalue weighted by Gasteiger charge is 2.20. The van der Waals surface area contributed by atoms with Gasteiger partial charge in [0.2, 0.25) is 0 Å². The Kier molecular flexibility index (Phi) is 6.25. The van der Waals surface area contributed by atoms with Crippen LogP contribution in [0, 0.1) is 18.8 Å². The molecule has 0 unspecified atom stereocenters. The molecule has 0 fully saturated rings. The lowest BCUT2D eigenvalue weighted by molar-refractivity contribution is 0.0933. The second-order valence-electron chi connectivity index (χ2n) is 8.50. The quantitative estimate of drug-likeness (QED) is 0.386. The van der Waals surface area contributed by atoms with Crippen LogP contribution in [0.25, 0.3) is 22.0 Å². The maximum Gasteiger partial charge on any atom is 0.272 e. The molecule has 1 amide bonds. The summed E-state index contributed by atoms with van der Waals surface area (Å²) in [4.78, 5) is 26.4. The first kappa shape index (κ1) is 22.9. The molecule has 0 saturated carbocycles. The monoisotopic (exact) mass is 472 g/mol. The fourth-order valence-electron chi connectivity index (χ4n) is 4.09. The number of aromatic nitrogens is 5. The van der Waals surface area contributed by atoms with Crippen LogP contribution in [-0.2, 0) is 7.05 Å². The number of hydrogen-bond donors (Lipinski definition) is 1. The molecule has 2 aromatic carbocycles. The minimum Gasteiger partial charge on any atom is -0.343 e. The molecule has 0 aliphatic carbocycles. The lowest BCUT2D eigenvalue weighted by atomic mass is 9.96. The van der Waals surface area contributed by atoms with Crippen LogP contribution in [0.5, 0.6) is 0 Å². The summed E-state index contributed by atoms with van der Waals surface area (Å²) in [5.41, 5.74) is 6.11. The van der Waals surface area contributed by atoms with Gasteiger partial charge < -0.3 is 5.32 Å². The molecule has 7 nitrogen and oxygen atoms in total. The summed E-state index contributed by atoms with van der Waals surface area (Å²) < 4.78 is 1.73. The molecular weight excluding hydrogens is 448 g/mol. The summed E-state index contributed by atoms with van der Waals surface area (Å²) in [7, 11) is 1.87. The number of fused-ring (bicyclic) bond motifs is 1. The molecule has 0 bridgehead atoms. The lowest BCUT2D eigenvalue weighted by Crippen LogP contribution is -2.29. The Bertz CT molecular complexity index is 1630. The van der Waals surface area contributed by atoms with Crippen LogP contribution in [-0.4, -0.2) is 30.6 Å². The van der Waals surface area contributed by atoms with E-state index in [4.69, 9.17) is 4.98 Å². The minimum absolute atomic E-state index is 0.287. The summed E-state index contributed by atoms with van der Waals surface area (Å²) in [6.07, 6.45) is 6.72. The second kappa shape index (κ2) is 9.80. The van der Waals surface area contributed by atoms with Crippen LogP contribution >= 0.6 is 0 Å². The third kappa shape index (κ3) is 4.70. The molecule has 36 heavy (non-hydrogen) atoms. The molecule has 176 valence electrons. The Labute approximate surface area is 209 Å². The van der Waals surface area contributed by atoms with Crippen molar-refractivity contribution in [2.45, 2.75) is 19.9 Å². The fourth-order valence-corrected chi connectivity index (χ4v) is 4.09. The van der Waals surface area contributed by atoms with Crippen molar-refractivity contribution in [2.24, 2.45) is 7.05 Å². The van der Waals surface area contributed by atoms with E-state index in [0.717, 1.165) is 38.9 Å². The zero-order valence-corrected chi connectivity index (χ0v) is 20.2. The van der Waals surface area contributed by atoms with Gasteiger partial charge in [0.15, 0.2) is 0 Å². The SMILES string of the molecule is Cc1nccnc1C(=O)N[C@@H](C)c1nc2cccc(C#Cc3cnn(C)c3)c2cc1-c1ccccc1. The first-order valence-electron chi connectivity index (χ1n) is 11.6. The van der Waals surface area contributed by atoms with Crippen molar-refractivity contribution in [3.05, 3.63) is 108 Å². The van der Waals surface area contributed by atoms with Gasteiger partial charge in [0, 0.05) is 42.2 Å². The number of rotatable bonds is 4. The Morgan fingerprint density at radius 3 is 2.58 bits per heavy atom. The van der Waals surface area contributed by atoms with E-state index in [2.05, 4.69) is 38.3 Å². The topological polar surface area (TPSA) is 85.6 Å². The maximum atomic E-state index is 13.0. The maximum absolute atomic E-state index is 13.0. The molecule has 0 aliphatic rings. The van der Waals surface area contributed by atoms with E-state index < -0.39 is 0 Å². The Balaban J connectivity index is 1.59. The zero-order valence-electron chi connectivity index (χ0n) is 20.2. The summed E-state index contributed by atoms with van der Waals surface area (Å²) in [6, 6.07) is 17.7. The van der Waals surface area contributed by atoms with Gasteiger partial charge >= 0.3 is 0 Å². The van der Waals surface area contributed by atoms with Crippen molar-refractivity contribution in [3.8, 4) is 23.0 Å². The second-order valence-corrected chi connectivity index (χ2v) is 8.50. The predicted octanol–water partition coefficient (Wildman–Crippen LogP) is 4.62. The molecule has 1 N–H and O–H groups in total. The van der Waals surface area contributed by atoms with Gasteiger partial charge in [-0.1, -0.05) is 48.2 Å². The average molecular weight is 473 g/mol. The van der Waals surface area contributed by atoms with Crippen molar-refractivity contribution in [1.82, 2.24) is 30.0 Å². The molecule has 0 aliphatic heterocycles. The van der Waals surface area contributed by atoms with Gasteiger partial charge in [-0.05, 0) is 37.6 Å². The summed E-state index contributed by atoms with van der Waals surface area (Å²) >= 11 is 0. The van der Waals surface area contributed by atoms with Gasteiger partial charge in [-0.2, -0.15) is 5.10 Å². The number of hydrogen-bond acceptors (Lipinski definition) is 5. The van der Waals surface area contributed by atoms with E-state index in [1.165, 1.54) is 6.20 Å². The van der Waals surface area contributed by atoms with Crippen molar-refractivity contribution in [1.29, 1.82) is 0 Å². The third-order valence-corrected chi connectivity index (χ3v) is 5.87. The van der Waals surface area contributed by atoms with Crippen LogP contribution in [0.15, 0.2) is 79.4 Å². The first-order valence-corrected chi connectivity index (χ1v) is 11.6. The van der Waals surface area contributed by atoms with Gasteiger partial charge in [0.05, 0.1) is 34.7 Å². The van der Waals surface area contributed by atoms with Crippen LogP contribution in [0.4, 0.5) is 0 Å². The number of aryl methyl sites for hydroxylation is 2. The van der Waals surface area contributed by atoms with Crippen LogP contribution in [0.2, 0.25) is 0 Å². The molecule has 3 aromatic heterocycles. The van der Waals surface area contributed by atoms with Crippen LogP contribution < -0.4 is 5.32 Å². The molecular formula is C29H24N6O. The summed E-state index contributed by atoms with van der Waals surface area (Å²) in [5, 5.41) is 8.18. The number of benzene rings is 2. The van der Waals surface area contributed by atoms with Gasteiger partial charge in [0.1, 0.15) is 5.69 Å². The van der Waals surface area contributed by atoms with E-state index in [0.29, 0.717) is 11.4 Å². The highest BCUT2D eigenvalue weighted by atomic mass is 16.2. The predicted molar refractivity (Wildman–Crippen MR) is 139 cm³/mol. The smallest absolute Gasteiger partial charge is 0.272 e. The normalized spacial score (nSPS) is 11.5. The zero-order chi connectivity index (χ0) is 25.1. The van der Waals surface area contributed by atoms with Crippen LogP contribution in [0.3, 0.4) is 0 Å². The first-order chi connectivity index (χ1) is 17.5. The van der Waals surface area contributed by atoms with E-state index in [1.807, 2.05) is 68.7 Å².